The van der Waals surface area contributed by atoms with Crippen LogP contribution in [0.3, 0.4) is 0 Å². The first-order chi connectivity index (χ1) is 8.43. The molecule has 1 aliphatic heterocycles. The van der Waals surface area contributed by atoms with Gasteiger partial charge in [0.1, 0.15) is 0 Å². The number of aliphatic hydroxyl groups excluding tert-OH is 1. The van der Waals surface area contributed by atoms with Crippen LogP contribution < -0.4 is 0 Å². The zero-order chi connectivity index (χ0) is 13.3. The molecule has 1 N–H and O–H groups in total. The maximum Gasteiger partial charge on any atom is 0.311 e. The average molecular weight is 258 g/mol. The first-order valence-corrected chi connectivity index (χ1v) is 6.63. The lowest BCUT2D eigenvalue weighted by molar-refractivity contribution is -0.162. The summed E-state index contributed by atoms with van der Waals surface area (Å²) in [5.74, 6) is -1.44. The smallest absolute Gasteiger partial charge is 0.311 e. The molecule has 4 atom stereocenters. The molecule has 0 radical (unpaired) electrons. The van der Waals surface area contributed by atoms with Crippen LogP contribution in [0.2, 0.25) is 0 Å². The Morgan fingerprint density at radius 2 is 2.00 bits per heavy atom. The normalized spacial score (nSPS) is 38.9. The Hall–Kier alpha value is -0.650. The third kappa shape index (κ3) is 2.84. The van der Waals surface area contributed by atoms with Gasteiger partial charge in [0.15, 0.2) is 5.79 Å². The van der Waals surface area contributed by atoms with Gasteiger partial charge in [-0.05, 0) is 40.0 Å². The maximum atomic E-state index is 11.8. The standard InChI is InChI=1S/C13H22O5/c1-4-16-12(15)8-7-11-10(6-5-9(8)14)17-13(2,3)18-11/h8-11,14H,4-7H2,1-3H3/t8-,9+,10+,11-/m1/s1. The molecule has 1 saturated heterocycles. The topological polar surface area (TPSA) is 65.0 Å². The third-order valence-corrected chi connectivity index (χ3v) is 3.57. The lowest BCUT2D eigenvalue weighted by atomic mass is 9.96. The molecule has 1 aliphatic carbocycles. The Kier molecular flexibility index (Phi) is 3.94. The van der Waals surface area contributed by atoms with Gasteiger partial charge in [-0.15, -0.1) is 0 Å². The van der Waals surface area contributed by atoms with Gasteiger partial charge in [0.2, 0.25) is 0 Å². The van der Waals surface area contributed by atoms with Gasteiger partial charge < -0.3 is 19.3 Å². The quantitative estimate of drug-likeness (QED) is 0.755. The van der Waals surface area contributed by atoms with Crippen molar-refractivity contribution in [2.75, 3.05) is 6.61 Å². The molecule has 104 valence electrons. The second-order valence-corrected chi connectivity index (χ2v) is 5.45. The van der Waals surface area contributed by atoms with Crippen LogP contribution in [0.15, 0.2) is 0 Å². The highest BCUT2D eigenvalue weighted by Gasteiger charge is 2.46. The number of esters is 1. The molecule has 5 nitrogen and oxygen atoms in total. The van der Waals surface area contributed by atoms with Crippen LogP contribution in [0.1, 0.15) is 40.0 Å². The van der Waals surface area contributed by atoms with Gasteiger partial charge in [-0.3, -0.25) is 4.79 Å². The lowest BCUT2D eigenvalue weighted by Crippen LogP contribution is -2.32. The van der Waals surface area contributed by atoms with E-state index in [1.54, 1.807) is 6.92 Å². The molecule has 0 aromatic rings. The number of carbonyl (C=O) groups is 1. The first kappa shape index (κ1) is 13.8. The minimum Gasteiger partial charge on any atom is -0.466 e. The summed E-state index contributed by atoms with van der Waals surface area (Å²) in [5, 5.41) is 10.0. The molecule has 1 heterocycles. The van der Waals surface area contributed by atoms with Crippen molar-refractivity contribution in [2.24, 2.45) is 5.92 Å². The van der Waals surface area contributed by atoms with Crippen LogP contribution in [0.5, 0.6) is 0 Å². The molecule has 0 aromatic heterocycles. The number of fused-ring (bicyclic) bond motifs is 1. The predicted octanol–water partition coefficient (Wildman–Crippen LogP) is 1.23. The van der Waals surface area contributed by atoms with Crippen LogP contribution in [-0.2, 0) is 19.0 Å². The summed E-state index contributed by atoms with van der Waals surface area (Å²) in [6.07, 6.45) is 0.897. The molecule has 0 unspecified atom stereocenters. The van der Waals surface area contributed by atoms with E-state index in [0.29, 0.717) is 25.9 Å². The molecule has 0 amide bonds. The molecule has 2 fully saturated rings. The average Bonchev–Trinajstić information content (AvgIpc) is 2.49. The first-order valence-electron chi connectivity index (χ1n) is 6.63. The van der Waals surface area contributed by atoms with E-state index < -0.39 is 17.8 Å². The van der Waals surface area contributed by atoms with E-state index in [1.165, 1.54) is 0 Å². The number of aliphatic hydroxyl groups is 1. The van der Waals surface area contributed by atoms with Crippen LogP contribution in [-0.4, -0.2) is 41.8 Å². The van der Waals surface area contributed by atoms with Crippen molar-refractivity contribution in [3.8, 4) is 0 Å². The summed E-state index contributed by atoms with van der Waals surface area (Å²) in [7, 11) is 0. The van der Waals surface area contributed by atoms with Crippen molar-refractivity contribution in [2.45, 2.75) is 64.1 Å². The minimum atomic E-state index is -0.662. The fourth-order valence-corrected chi connectivity index (χ4v) is 2.80. The van der Waals surface area contributed by atoms with Crippen LogP contribution in [0, 0.1) is 5.92 Å². The molecule has 0 spiro atoms. The summed E-state index contributed by atoms with van der Waals surface area (Å²) in [4.78, 5) is 11.8. The predicted molar refractivity (Wildman–Crippen MR) is 63.8 cm³/mol. The zero-order valence-electron chi connectivity index (χ0n) is 11.2. The van der Waals surface area contributed by atoms with Gasteiger partial charge in [0.25, 0.3) is 0 Å². The molecular weight excluding hydrogens is 236 g/mol. The van der Waals surface area contributed by atoms with Gasteiger partial charge in [-0.25, -0.2) is 0 Å². The van der Waals surface area contributed by atoms with Crippen LogP contribution in [0.4, 0.5) is 0 Å². The monoisotopic (exact) mass is 258 g/mol. The van der Waals surface area contributed by atoms with Crippen LogP contribution in [0.25, 0.3) is 0 Å². The van der Waals surface area contributed by atoms with E-state index in [1.807, 2.05) is 13.8 Å². The van der Waals surface area contributed by atoms with Crippen molar-refractivity contribution in [3.63, 3.8) is 0 Å². The maximum absolute atomic E-state index is 11.8. The third-order valence-electron chi connectivity index (χ3n) is 3.57. The van der Waals surface area contributed by atoms with Crippen molar-refractivity contribution >= 4 is 5.97 Å². The summed E-state index contributed by atoms with van der Waals surface area (Å²) >= 11 is 0. The Balaban J connectivity index is 2.07. The Labute approximate surface area is 107 Å². The molecule has 2 aliphatic rings. The number of hydrogen-bond acceptors (Lipinski definition) is 5. The van der Waals surface area contributed by atoms with Crippen molar-refractivity contribution < 1.29 is 24.1 Å². The summed E-state index contributed by atoms with van der Waals surface area (Å²) in [6.45, 7) is 5.84. The zero-order valence-corrected chi connectivity index (χ0v) is 11.2. The highest BCUT2D eigenvalue weighted by molar-refractivity contribution is 5.73. The minimum absolute atomic E-state index is 0.0333. The van der Waals surface area contributed by atoms with E-state index in [2.05, 4.69) is 0 Å². The Bertz CT molecular complexity index is 315. The molecule has 5 heteroatoms. The number of carbonyl (C=O) groups excluding carboxylic acids is 1. The highest BCUT2D eigenvalue weighted by atomic mass is 16.7. The second kappa shape index (κ2) is 5.15. The number of ether oxygens (including phenoxy) is 3. The molecule has 0 bridgehead atoms. The molecular formula is C13H22O5. The van der Waals surface area contributed by atoms with Gasteiger partial charge in [-0.1, -0.05) is 0 Å². The Morgan fingerprint density at radius 3 is 2.67 bits per heavy atom. The molecule has 1 saturated carbocycles. The second-order valence-electron chi connectivity index (χ2n) is 5.45. The number of hydrogen-bond donors (Lipinski definition) is 1. The van der Waals surface area contributed by atoms with E-state index in [9.17, 15) is 9.90 Å². The summed E-state index contributed by atoms with van der Waals surface area (Å²) in [5.41, 5.74) is 0. The van der Waals surface area contributed by atoms with Crippen molar-refractivity contribution in [1.29, 1.82) is 0 Å². The van der Waals surface area contributed by atoms with E-state index in [0.717, 1.165) is 0 Å². The fourth-order valence-electron chi connectivity index (χ4n) is 2.80. The van der Waals surface area contributed by atoms with Crippen molar-refractivity contribution in [3.05, 3.63) is 0 Å². The lowest BCUT2D eigenvalue weighted by Gasteiger charge is -2.22. The van der Waals surface area contributed by atoms with Gasteiger partial charge >= 0.3 is 5.97 Å². The number of rotatable bonds is 2. The van der Waals surface area contributed by atoms with Gasteiger partial charge in [0.05, 0.1) is 30.8 Å². The summed E-state index contributed by atoms with van der Waals surface area (Å²) < 4.78 is 16.6. The van der Waals surface area contributed by atoms with Gasteiger partial charge in [0, 0.05) is 0 Å². The van der Waals surface area contributed by atoms with Gasteiger partial charge in [-0.2, -0.15) is 0 Å². The Morgan fingerprint density at radius 1 is 1.33 bits per heavy atom. The van der Waals surface area contributed by atoms with E-state index in [4.69, 9.17) is 14.2 Å². The van der Waals surface area contributed by atoms with E-state index in [-0.39, 0.29) is 18.2 Å². The highest BCUT2D eigenvalue weighted by Crippen LogP contribution is 2.38. The fraction of sp³-hybridized carbons (Fsp3) is 0.923. The molecule has 18 heavy (non-hydrogen) atoms. The molecule has 2 rings (SSSR count). The van der Waals surface area contributed by atoms with E-state index >= 15 is 0 Å². The SMILES string of the molecule is CCOC(=O)[C@@H]1C[C@H]2OC(C)(C)O[C@H]2CC[C@@H]1O. The van der Waals surface area contributed by atoms with Crippen LogP contribution >= 0.6 is 0 Å². The summed E-state index contributed by atoms with van der Waals surface area (Å²) in [6, 6.07) is 0. The molecule has 0 aromatic carbocycles. The van der Waals surface area contributed by atoms with Crippen molar-refractivity contribution in [1.82, 2.24) is 0 Å². The largest absolute Gasteiger partial charge is 0.466 e.